The molecule has 0 aliphatic rings. The molecule has 2 rings (SSSR count). The van der Waals surface area contributed by atoms with Gasteiger partial charge in [-0.25, -0.2) is 13.1 Å². The first-order valence-corrected chi connectivity index (χ1v) is 7.72. The van der Waals surface area contributed by atoms with E-state index in [4.69, 9.17) is 4.42 Å². The Morgan fingerprint density at radius 3 is 2.89 bits per heavy atom. The summed E-state index contributed by atoms with van der Waals surface area (Å²) in [5.41, 5.74) is 0. The average Bonchev–Trinajstić information content (AvgIpc) is 2.98. The Labute approximate surface area is 110 Å². The van der Waals surface area contributed by atoms with Crippen LogP contribution in [0.25, 0.3) is 0 Å². The van der Waals surface area contributed by atoms with Gasteiger partial charge in [0.15, 0.2) is 0 Å². The van der Waals surface area contributed by atoms with E-state index in [0.717, 1.165) is 4.88 Å². The quantitative estimate of drug-likeness (QED) is 0.845. The van der Waals surface area contributed by atoms with E-state index in [9.17, 15) is 8.42 Å². The van der Waals surface area contributed by atoms with E-state index in [2.05, 4.69) is 10.0 Å². The molecule has 0 atom stereocenters. The van der Waals surface area contributed by atoms with Gasteiger partial charge in [0.1, 0.15) is 5.76 Å². The summed E-state index contributed by atoms with van der Waals surface area (Å²) in [5, 5.41) is 4.62. The lowest BCUT2D eigenvalue weighted by molar-refractivity contribution is 0.498. The minimum atomic E-state index is -3.46. The third-order valence-electron chi connectivity index (χ3n) is 2.31. The van der Waals surface area contributed by atoms with Crippen LogP contribution in [0.4, 0.5) is 0 Å². The Hall–Kier alpha value is -1.15. The topological polar surface area (TPSA) is 71.3 Å². The molecule has 0 radical (unpaired) electrons. The molecule has 2 N–H and O–H groups in total. The van der Waals surface area contributed by atoms with Crippen LogP contribution in [-0.4, -0.2) is 15.5 Å². The summed E-state index contributed by atoms with van der Waals surface area (Å²) < 4.78 is 31.5. The zero-order valence-electron chi connectivity index (χ0n) is 9.84. The molecule has 0 fully saturated rings. The fourth-order valence-electron chi connectivity index (χ4n) is 1.43. The second-order valence-corrected chi connectivity index (χ2v) is 6.45. The first kappa shape index (κ1) is 13.3. The molecule has 7 heteroatoms. The van der Waals surface area contributed by atoms with Gasteiger partial charge in [-0.1, -0.05) is 0 Å². The molecule has 5 nitrogen and oxygen atoms in total. The van der Waals surface area contributed by atoms with E-state index in [0.29, 0.717) is 17.2 Å². The van der Waals surface area contributed by atoms with Gasteiger partial charge in [0, 0.05) is 16.8 Å². The van der Waals surface area contributed by atoms with Crippen LogP contribution in [0.2, 0.25) is 0 Å². The predicted octanol–water partition coefficient (Wildman–Crippen LogP) is 1.54. The molecule has 2 heterocycles. The van der Waals surface area contributed by atoms with Crippen molar-refractivity contribution in [1.82, 2.24) is 10.0 Å². The fourth-order valence-corrected chi connectivity index (χ4v) is 3.71. The molecule has 0 unspecified atom stereocenters. The van der Waals surface area contributed by atoms with Crippen molar-refractivity contribution < 1.29 is 12.8 Å². The summed E-state index contributed by atoms with van der Waals surface area (Å²) in [6.45, 7) is 0.824. The van der Waals surface area contributed by atoms with Gasteiger partial charge >= 0.3 is 0 Å². The van der Waals surface area contributed by atoms with Crippen molar-refractivity contribution in [1.29, 1.82) is 0 Å². The van der Waals surface area contributed by atoms with Crippen molar-refractivity contribution in [3.05, 3.63) is 40.5 Å². The second kappa shape index (κ2) is 5.66. The van der Waals surface area contributed by atoms with Crippen molar-refractivity contribution in [3.63, 3.8) is 0 Å². The Morgan fingerprint density at radius 2 is 2.22 bits per heavy atom. The van der Waals surface area contributed by atoms with Crippen molar-refractivity contribution in [2.24, 2.45) is 0 Å². The zero-order valence-corrected chi connectivity index (χ0v) is 11.5. The molecule has 98 valence electrons. The highest BCUT2D eigenvalue weighted by Gasteiger charge is 2.16. The van der Waals surface area contributed by atoms with Crippen LogP contribution in [0.3, 0.4) is 0 Å². The standard InChI is InChI=1S/C11H14N2O3S2/c1-12-7-10-5-11(8-17-10)18(14,15)13-6-9-3-2-4-16-9/h2-5,8,12-13H,6-7H2,1H3. The Kier molecular flexibility index (Phi) is 4.18. The highest BCUT2D eigenvalue weighted by atomic mass is 32.2. The number of sulfonamides is 1. The van der Waals surface area contributed by atoms with E-state index in [-0.39, 0.29) is 6.54 Å². The Bertz CT molecular complexity index is 588. The number of hydrogen-bond acceptors (Lipinski definition) is 5. The smallest absolute Gasteiger partial charge is 0.241 e. The summed E-state index contributed by atoms with van der Waals surface area (Å²) in [5.74, 6) is 0.587. The molecule has 2 aromatic rings. The summed E-state index contributed by atoms with van der Waals surface area (Å²) in [6, 6.07) is 5.12. The van der Waals surface area contributed by atoms with E-state index in [1.165, 1.54) is 17.6 Å². The number of thiophene rings is 1. The molecule has 0 saturated carbocycles. The Morgan fingerprint density at radius 1 is 1.39 bits per heavy atom. The minimum Gasteiger partial charge on any atom is -0.468 e. The fraction of sp³-hybridized carbons (Fsp3) is 0.273. The van der Waals surface area contributed by atoms with Crippen LogP contribution < -0.4 is 10.0 Å². The molecule has 0 amide bonds. The molecule has 0 bridgehead atoms. The SMILES string of the molecule is CNCc1cc(S(=O)(=O)NCc2ccco2)cs1. The van der Waals surface area contributed by atoms with Crippen LogP contribution in [0.15, 0.2) is 39.2 Å². The Balaban J connectivity index is 2.05. The third kappa shape index (κ3) is 3.20. The number of furan rings is 1. The summed E-state index contributed by atoms with van der Waals surface area (Å²) in [6.07, 6.45) is 1.51. The molecule has 0 aliphatic heterocycles. The van der Waals surface area contributed by atoms with Crippen LogP contribution in [0, 0.1) is 0 Å². The second-order valence-electron chi connectivity index (χ2n) is 3.68. The van der Waals surface area contributed by atoms with Gasteiger partial charge in [0.25, 0.3) is 0 Å². The molecule has 0 aliphatic carbocycles. The molecular weight excluding hydrogens is 272 g/mol. The van der Waals surface area contributed by atoms with Crippen molar-refractivity contribution in [2.75, 3.05) is 7.05 Å². The first-order valence-electron chi connectivity index (χ1n) is 5.36. The van der Waals surface area contributed by atoms with Crippen molar-refractivity contribution in [3.8, 4) is 0 Å². The largest absolute Gasteiger partial charge is 0.468 e. The van der Waals surface area contributed by atoms with Crippen LogP contribution in [0.1, 0.15) is 10.6 Å². The maximum absolute atomic E-state index is 12.0. The van der Waals surface area contributed by atoms with Gasteiger partial charge in [-0.05, 0) is 25.2 Å². The molecule has 2 aromatic heterocycles. The molecule has 0 saturated heterocycles. The van der Waals surface area contributed by atoms with Crippen molar-refractivity contribution in [2.45, 2.75) is 18.0 Å². The van der Waals surface area contributed by atoms with E-state index in [1.807, 2.05) is 7.05 Å². The maximum Gasteiger partial charge on any atom is 0.241 e. The average molecular weight is 286 g/mol. The van der Waals surface area contributed by atoms with Gasteiger partial charge in [-0.3, -0.25) is 0 Å². The molecule has 0 aromatic carbocycles. The summed E-state index contributed by atoms with van der Waals surface area (Å²) >= 11 is 1.42. The molecule has 18 heavy (non-hydrogen) atoms. The van der Waals surface area contributed by atoms with Crippen LogP contribution in [-0.2, 0) is 23.1 Å². The number of hydrogen-bond donors (Lipinski definition) is 2. The maximum atomic E-state index is 12.0. The number of nitrogens with one attached hydrogen (secondary N) is 2. The lowest BCUT2D eigenvalue weighted by atomic mass is 10.5. The van der Waals surface area contributed by atoms with Crippen LogP contribution in [0.5, 0.6) is 0 Å². The van der Waals surface area contributed by atoms with E-state index >= 15 is 0 Å². The normalized spacial score (nSPS) is 11.8. The highest BCUT2D eigenvalue weighted by molar-refractivity contribution is 7.89. The lowest BCUT2D eigenvalue weighted by Crippen LogP contribution is -2.22. The van der Waals surface area contributed by atoms with E-state index < -0.39 is 10.0 Å². The summed E-state index contributed by atoms with van der Waals surface area (Å²) in [4.78, 5) is 1.28. The minimum absolute atomic E-state index is 0.159. The molecular formula is C11H14N2O3S2. The van der Waals surface area contributed by atoms with Gasteiger partial charge in [-0.15, -0.1) is 11.3 Å². The zero-order chi connectivity index (χ0) is 13.0. The third-order valence-corrected chi connectivity index (χ3v) is 4.77. The van der Waals surface area contributed by atoms with E-state index in [1.54, 1.807) is 23.6 Å². The van der Waals surface area contributed by atoms with Gasteiger partial charge in [-0.2, -0.15) is 0 Å². The van der Waals surface area contributed by atoms with Gasteiger partial charge < -0.3 is 9.73 Å². The monoisotopic (exact) mass is 286 g/mol. The van der Waals surface area contributed by atoms with Gasteiger partial charge in [0.2, 0.25) is 10.0 Å². The first-order chi connectivity index (χ1) is 8.62. The van der Waals surface area contributed by atoms with Crippen molar-refractivity contribution >= 4 is 21.4 Å². The molecule has 0 spiro atoms. The summed E-state index contributed by atoms with van der Waals surface area (Å²) in [7, 11) is -1.64. The number of rotatable bonds is 6. The van der Waals surface area contributed by atoms with Crippen LogP contribution >= 0.6 is 11.3 Å². The van der Waals surface area contributed by atoms with Gasteiger partial charge in [0.05, 0.1) is 17.7 Å². The lowest BCUT2D eigenvalue weighted by Gasteiger charge is -2.02. The predicted molar refractivity (Wildman–Crippen MR) is 69.8 cm³/mol. The highest BCUT2D eigenvalue weighted by Crippen LogP contribution is 2.19.